The molecule has 0 aliphatic rings. The van der Waals surface area contributed by atoms with Crippen LogP contribution in [0.25, 0.3) is 16.9 Å². The molecule has 3 aromatic carbocycles. The summed E-state index contributed by atoms with van der Waals surface area (Å²) in [5.74, 6) is 1.57. The first-order chi connectivity index (χ1) is 17.2. The molecular weight excluding hydrogens is 450 g/mol. The van der Waals surface area contributed by atoms with Crippen molar-refractivity contribution in [1.29, 1.82) is 0 Å². The maximum atomic E-state index is 6.22. The highest BCUT2D eigenvalue weighted by molar-refractivity contribution is 7.99. The predicted octanol–water partition coefficient (Wildman–Crippen LogP) is 8.00. The summed E-state index contributed by atoms with van der Waals surface area (Å²) in [6, 6.07) is 28.6. The van der Waals surface area contributed by atoms with Crippen LogP contribution in [0.5, 0.6) is 11.5 Å². The van der Waals surface area contributed by atoms with Gasteiger partial charge in [0, 0.05) is 22.9 Å². The molecule has 0 saturated carbocycles. The second-order valence-corrected chi connectivity index (χ2v) is 9.27. The zero-order valence-corrected chi connectivity index (χ0v) is 20.7. The molecule has 174 valence electrons. The minimum Gasteiger partial charge on any atom is -0.457 e. The van der Waals surface area contributed by atoms with Crippen molar-refractivity contribution in [3.05, 3.63) is 115 Å². The fourth-order valence-corrected chi connectivity index (χ4v) is 4.95. The molecule has 0 atom stereocenters. The number of para-hydroxylation sites is 1. The van der Waals surface area contributed by atoms with Gasteiger partial charge < -0.3 is 9.30 Å². The zero-order valence-electron chi connectivity index (χ0n) is 19.9. The summed E-state index contributed by atoms with van der Waals surface area (Å²) in [7, 11) is 0. The fraction of sp³-hybridized carbons (Fsp3) is 0.133. The second-order valence-electron chi connectivity index (χ2n) is 8.17. The topological polar surface area (TPSA) is 39.9 Å². The van der Waals surface area contributed by atoms with Crippen molar-refractivity contribution < 1.29 is 4.74 Å². The van der Waals surface area contributed by atoms with E-state index >= 15 is 0 Å². The van der Waals surface area contributed by atoms with Crippen LogP contribution in [0.3, 0.4) is 0 Å². The first-order valence-electron chi connectivity index (χ1n) is 11.9. The van der Waals surface area contributed by atoms with Crippen molar-refractivity contribution in [2.24, 2.45) is 0 Å². The Morgan fingerprint density at radius 2 is 1.51 bits per heavy atom. The number of imidazole rings is 1. The standard InChI is InChI=1S/C30H27N3OS/c1-3-22-10-7-11-23(4-2)30(22)33-20-28(32-21-33)24-12-8-13-25(18-24)34-26-14-9-15-27(19-26)35-29-16-5-6-17-31-29/h5-21H,3-4H2,1-2H3. The molecule has 5 rings (SSSR count). The van der Waals surface area contributed by atoms with E-state index in [1.54, 1.807) is 18.0 Å². The van der Waals surface area contributed by atoms with Gasteiger partial charge in [-0.2, -0.15) is 0 Å². The fourth-order valence-electron chi connectivity index (χ4n) is 4.13. The third-order valence-electron chi connectivity index (χ3n) is 5.84. The lowest BCUT2D eigenvalue weighted by Gasteiger charge is -2.13. The van der Waals surface area contributed by atoms with Crippen LogP contribution in [0.15, 0.2) is 114 Å². The van der Waals surface area contributed by atoms with Crippen LogP contribution in [0.1, 0.15) is 25.0 Å². The van der Waals surface area contributed by atoms with E-state index in [1.807, 2.05) is 60.9 Å². The smallest absolute Gasteiger partial charge is 0.128 e. The van der Waals surface area contributed by atoms with Crippen molar-refractivity contribution >= 4 is 11.8 Å². The minimum atomic E-state index is 0.778. The molecule has 4 nitrogen and oxygen atoms in total. The van der Waals surface area contributed by atoms with Gasteiger partial charge in [0.05, 0.1) is 17.7 Å². The normalized spacial score (nSPS) is 10.9. The molecule has 2 aromatic heterocycles. The van der Waals surface area contributed by atoms with Crippen LogP contribution in [-0.4, -0.2) is 14.5 Å². The van der Waals surface area contributed by atoms with Gasteiger partial charge in [-0.1, -0.05) is 68.1 Å². The number of benzene rings is 3. The number of pyridine rings is 1. The van der Waals surface area contributed by atoms with Gasteiger partial charge >= 0.3 is 0 Å². The van der Waals surface area contributed by atoms with Gasteiger partial charge in [-0.15, -0.1) is 0 Å². The molecule has 0 saturated heterocycles. The number of nitrogens with zero attached hydrogens (tertiary/aromatic N) is 3. The minimum absolute atomic E-state index is 0.778. The SMILES string of the molecule is CCc1cccc(CC)c1-n1cnc(-c2cccc(Oc3cccc(Sc4ccccn4)c3)c2)c1. The molecule has 0 amide bonds. The van der Waals surface area contributed by atoms with Gasteiger partial charge in [0.25, 0.3) is 0 Å². The predicted molar refractivity (Wildman–Crippen MR) is 143 cm³/mol. The van der Waals surface area contributed by atoms with E-state index in [-0.39, 0.29) is 0 Å². The Morgan fingerprint density at radius 3 is 2.26 bits per heavy atom. The average Bonchev–Trinajstić information content (AvgIpc) is 3.39. The number of hydrogen-bond donors (Lipinski definition) is 0. The maximum Gasteiger partial charge on any atom is 0.128 e. The largest absolute Gasteiger partial charge is 0.457 e. The van der Waals surface area contributed by atoms with Gasteiger partial charge in [0.2, 0.25) is 0 Å². The van der Waals surface area contributed by atoms with Gasteiger partial charge in [-0.05, 0) is 66.4 Å². The summed E-state index contributed by atoms with van der Waals surface area (Å²) in [4.78, 5) is 10.2. The monoisotopic (exact) mass is 477 g/mol. The van der Waals surface area contributed by atoms with Crippen LogP contribution in [-0.2, 0) is 12.8 Å². The molecule has 35 heavy (non-hydrogen) atoms. The van der Waals surface area contributed by atoms with Crippen molar-refractivity contribution in [2.75, 3.05) is 0 Å². The number of ether oxygens (including phenoxy) is 1. The highest BCUT2D eigenvalue weighted by Gasteiger charge is 2.11. The van der Waals surface area contributed by atoms with Crippen LogP contribution < -0.4 is 4.74 Å². The lowest BCUT2D eigenvalue weighted by atomic mass is 10.0. The molecule has 5 heteroatoms. The summed E-state index contributed by atoms with van der Waals surface area (Å²) >= 11 is 1.61. The van der Waals surface area contributed by atoms with Crippen LogP contribution in [0.2, 0.25) is 0 Å². The molecule has 0 aliphatic heterocycles. The Hall–Kier alpha value is -3.83. The van der Waals surface area contributed by atoms with E-state index in [0.29, 0.717) is 0 Å². The van der Waals surface area contributed by atoms with Crippen LogP contribution in [0, 0.1) is 0 Å². The van der Waals surface area contributed by atoms with E-state index in [0.717, 1.165) is 45.5 Å². The van der Waals surface area contributed by atoms with Crippen molar-refractivity contribution in [2.45, 2.75) is 36.6 Å². The van der Waals surface area contributed by atoms with E-state index in [4.69, 9.17) is 9.72 Å². The molecule has 0 radical (unpaired) electrons. The lowest BCUT2D eigenvalue weighted by molar-refractivity contribution is 0.481. The van der Waals surface area contributed by atoms with Gasteiger partial charge in [0.1, 0.15) is 16.5 Å². The Balaban J connectivity index is 1.38. The van der Waals surface area contributed by atoms with Crippen molar-refractivity contribution in [3.63, 3.8) is 0 Å². The number of hydrogen-bond acceptors (Lipinski definition) is 4. The lowest BCUT2D eigenvalue weighted by Crippen LogP contribution is -2.01. The maximum absolute atomic E-state index is 6.22. The van der Waals surface area contributed by atoms with Gasteiger partial charge in [-0.25, -0.2) is 9.97 Å². The third-order valence-corrected chi connectivity index (χ3v) is 6.78. The van der Waals surface area contributed by atoms with Gasteiger partial charge in [-0.3, -0.25) is 0 Å². The Kier molecular flexibility index (Phi) is 6.96. The van der Waals surface area contributed by atoms with E-state index in [1.165, 1.54) is 16.8 Å². The molecule has 0 fully saturated rings. The van der Waals surface area contributed by atoms with Crippen LogP contribution in [0.4, 0.5) is 0 Å². The summed E-state index contributed by atoms with van der Waals surface area (Å²) < 4.78 is 8.37. The zero-order chi connectivity index (χ0) is 24.0. The quantitative estimate of drug-likeness (QED) is 0.227. The molecule has 0 unspecified atom stereocenters. The van der Waals surface area contributed by atoms with Crippen molar-refractivity contribution in [1.82, 2.24) is 14.5 Å². The molecule has 0 N–H and O–H groups in total. The van der Waals surface area contributed by atoms with E-state index in [9.17, 15) is 0 Å². The summed E-state index contributed by atoms with van der Waals surface area (Å²) in [5.41, 5.74) is 5.84. The molecule has 5 aromatic rings. The van der Waals surface area contributed by atoms with E-state index in [2.05, 4.69) is 59.9 Å². The summed E-state index contributed by atoms with van der Waals surface area (Å²) in [5, 5.41) is 0.957. The number of aryl methyl sites for hydroxylation is 2. The number of aromatic nitrogens is 3. The molecule has 0 aliphatic carbocycles. The second kappa shape index (κ2) is 10.6. The van der Waals surface area contributed by atoms with Crippen molar-refractivity contribution in [3.8, 4) is 28.4 Å². The van der Waals surface area contributed by atoms with Crippen LogP contribution >= 0.6 is 11.8 Å². The third kappa shape index (κ3) is 5.31. The average molecular weight is 478 g/mol. The summed E-state index contributed by atoms with van der Waals surface area (Å²) in [6.45, 7) is 4.39. The first kappa shape index (κ1) is 22.9. The molecule has 2 heterocycles. The summed E-state index contributed by atoms with van der Waals surface area (Å²) in [6.07, 6.45) is 7.79. The Labute approximate surface area is 210 Å². The molecule has 0 spiro atoms. The highest BCUT2D eigenvalue weighted by atomic mass is 32.2. The molecule has 0 bridgehead atoms. The van der Waals surface area contributed by atoms with E-state index < -0.39 is 0 Å². The Morgan fingerprint density at radius 1 is 0.771 bits per heavy atom. The first-order valence-corrected chi connectivity index (χ1v) is 12.7. The Bertz CT molecular complexity index is 1410. The molecular formula is C30H27N3OS. The highest BCUT2D eigenvalue weighted by Crippen LogP contribution is 2.32. The number of rotatable bonds is 8. The van der Waals surface area contributed by atoms with Gasteiger partial charge in [0.15, 0.2) is 0 Å².